The standard InChI is InChI=1S/C11H24ClNO/c1-10(2,3)8-9(11(4,5)13)14-7-6-12/h9H,6-8,13H2,1-5H3. The molecule has 0 amide bonds. The molecule has 86 valence electrons. The van der Waals surface area contributed by atoms with Crippen molar-refractivity contribution in [2.45, 2.75) is 52.7 Å². The van der Waals surface area contributed by atoms with Gasteiger partial charge in [-0.2, -0.15) is 0 Å². The van der Waals surface area contributed by atoms with Crippen molar-refractivity contribution in [2.24, 2.45) is 11.1 Å². The van der Waals surface area contributed by atoms with Crippen molar-refractivity contribution >= 4 is 11.6 Å². The number of rotatable bonds is 5. The normalized spacial score (nSPS) is 15.6. The lowest BCUT2D eigenvalue weighted by Gasteiger charge is -2.35. The van der Waals surface area contributed by atoms with Crippen LogP contribution >= 0.6 is 11.6 Å². The number of alkyl halides is 1. The molecule has 0 aliphatic rings. The summed E-state index contributed by atoms with van der Waals surface area (Å²) >= 11 is 5.60. The first-order chi connectivity index (χ1) is 6.17. The van der Waals surface area contributed by atoms with Gasteiger partial charge in [-0.05, 0) is 25.7 Å². The molecular weight excluding hydrogens is 198 g/mol. The predicted octanol–water partition coefficient (Wildman–Crippen LogP) is 2.78. The highest BCUT2D eigenvalue weighted by molar-refractivity contribution is 6.17. The first kappa shape index (κ1) is 14.2. The third-order valence-electron chi connectivity index (χ3n) is 2.02. The van der Waals surface area contributed by atoms with Crippen molar-refractivity contribution in [1.29, 1.82) is 0 Å². The molecule has 2 N–H and O–H groups in total. The molecule has 0 radical (unpaired) electrons. The Balaban J connectivity index is 4.26. The zero-order valence-electron chi connectivity index (χ0n) is 10.1. The zero-order valence-corrected chi connectivity index (χ0v) is 10.8. The maximum Gasteiger partial charge on any atom is 0.0754 e. The second kappa shape index (κ2) is 5.34. The number of nitrogens with two attached hydrogens (primary N) is 1. The molecule has 1 unspecified atom stereocenters. The van der Waals surface area contributed by atoms with Crippen molar-refractivity contribution in [3.63, 3.8) is 0 Å². The van der Waals surface area contributed by atoms with E-state index in [1.54, 1.807) is 0 Å². The summed E-state index contributed by atoms with van der Waals surface area (Å²) in [4.78, 5) is 0. The van der Waals surface area contributed by atoms with E-state index < -0.39 is 0 Å². The quantitative estimate of drug-likeness (QED) is 0.725. The molecule has 0 fully saturated rings. The Morgan fingerprint density at radius 1 is 1.21 bits per heavy atom. The SMILES string of the molecule is CC(C)(C)CC(OCCCl)C(C)(C)N. The summed E-state index contributed by atoms with van der Waals surface area (Å²) < 4.78 is 5.67. The average molecular weight is 222 g/mol. The first-order valence-electron chi connectivity index (χ1n) is 5.13. The van der Waals surface area contributed by atoms with E-state index in [9.17, 15) is 0 Å². The summed E-state index contributed by atoms with van der Waals surface area (Å²) in [6.45, 7) is 11.1. The van der Waals surface area contributed by atoms with Crippen LogP contribution in [0.2, 0.25) is 0 Å². The van der Waals surface area contributed by atoms with E-state index in [2.05, 4.69) is 20.8 Å². The van der Waals surface area contributed by atoms with Gasteiger partial charge in [0.2, 0.25) is 0 Å². The minimum atomic E-state index is -0.306. The Labute approximate surface area is 93.1 Å². The van der Waals surface area contributed by atoms with Crippen LogP contribution in [-0.2, 0) is 4.74 Å². The molecule has 0 rings (SSSR count). The number of hydrogen-bond donors (Lipinski definition) is 1. The monoisotopic (exact) mass is 221 g/mol. The maximum absolute atomic E-state index is 6.06. The fourth-order valence-corrected chi connectivity index (χ4v) is 1.37. The lowest BCUT2D eigenvalue weighted by molar-refractivity contribution is -0.00703. The average Bonchev–Trinajstić information content (AvgIpc) is 1.93. The minimum absolute atomic E-state index is 0.0706. The Hall–Kier alpha value is 0.210. The van der Waals surface area contributed by atoms with Gasteiger partial charge < -0.3 is 10.5 Å². The van der Waals surface area contributed by atoms with Gasteiger partial charge in [-0.3, -0.25) is 0 Å². The lowest BCUT2D eigenvalue weighted by atomic mass is 9.83. The van der Waals surface area contributed by atoms with Gasteiger partial charge in [0.05, 0.1) is 12.7 Å². The molecule has 2 nitrogen and oxygen atoms in total. The Morgan fingerprint density at radius 3 is 2.00 bits per heavy atom. The Morgan fingerprint density at radius 2 is 1.71 bits per heavy atom. The largest absolute Gasteiger partial charge is 0.375 e. The van der Waals surface area contributed by atoms with Crippen molar-refractivity contribution in [3.05, 3.63) is 0 Å². The van der Waals surface area contributed by atoms with Crippen LogP contribution in [0, 0.1) is 5.41 Å². The number of ether oxygens (including phenoxy) is 1. The summed E-state index contributed by atoms with van der Waals surface area (Å²) in [6.07, 6.45) is 1.02. The molecule has 1 atom stereocenters. The second-order valence-electron chi connectivity index (χ2n) is 5.63. The van der Waals surface area contributed by atoms with Gasteiger partial charge in [0.1, 0.15) is 0 Å². The summed E-state index contributed by atoms with van der Waals surface area (Å²) in [5.74, 6) is 0.525. The Kier molecular flexibility index (Phi) is 5.42. The number of halogens is 1. The highest BCUT2D eigenvalue weighted by Gasteiger charge is 2.29. The second-order valence-corrected chi connectivity index (χ2v) is 6.01. The fourth-order valence-electron chi connectivity index (χ4n) is 1.28. The third-order valence-corrected chi connectivity index (χ3v) is 2.18. The predicted molar refractivity (Wildman–Crippen MR) is 62.8 cm³/mol. The van der Waals surface area contributed by atoms with Crippen molar-refractivity contribution in [2.75, 3.05) is 12.5 Å². The van der Waals surface area contributed by atoms with Crippen molar-refractivity contribution < 1.29 is 4.74 Å². The third kappa shape index (κ3) is 6.63. The van der Waals surface area contributed by atoms with Crippen LogP contribution in [0.4, 0.5) is 0 Å². The van der Waals surface area contributed by atoms with E-state index in [-0.39, 0.29) is 17.1 Å². The van der Waals surface area contributed by atoms with E-state index in [1.165, 1.54) is 0 Å². The highest BCUT2D eigenvalue weighted by Crippen LogP contribution is 2.27. The topological polar surface area (TPSA) is 35.2 Å². The first-order valence-corrected chi connectivity index (χ1v) is 5.67. The maximum atomic E-state index is 6.06. The highest BCUT2D eigenvalue weighted by atomic mass is 35.5. The van der Waals surface area contributed by atoms with Crippen molar-refractivity contribution in [1.82, 2.24) is 0 Å². The smallest absolute Gasteiger partial charge is 0.0754 e. The van der Waals surface area contributed by atoms with E-state index in [0.717, 1.165) is 6.42 Å². The van der Waals surface area contributed by atoms with Crippen LogP contribution in [0.3, 0.4) is 0 Å². The van der Waals surface area contributed by atoms with E-state index in [1.807, 2.05) is 13.8 Å². The van der Waals surface area contributed by atoms with E-state index >= 15 is 0 Å². The van der Waals surface area contributed by atoms with Crippen LogP contribution in [0.15, 0.2) is 0 Å². The summed E-state index contributed by atoms with van der Waals surface area (Å²) in [5, 5.41) is 0. The molecule has 0 aliphatic heterocycles. The van der Waals surface area contributed by atoms with Crippen LogP contribution in [0.5, 0.6) is 0 Å². The fraction of sp³-hybridized carbons (Fsp3) is 1.00. The van der Waals surface area contributed by atoms with Gasteiger partial charge in [0, 0.05) is 11.4 Å². The molecule has 0 aliphatic carbocycles. The van der Waals surface area contributed by atoms with Gasteiger partial charge in [-0.1, -0.05) is 20.8 Å². The van der Waals surface area contributed by atoms with Crippen molar-refractivity contribution in [3.8, 4) is 0 Å². The van der Waals surface area contributed by atoms with E-state index in [0.29, 0.717) is 12.5 Å². The number of hydrogen-bond acceptors (Lipinski definition) is 2. The van der Waals surface area contributed by atoms with Gasteiger partial charge in [0.25, 0.3) is 0 Å². The Bertz CT molecular complexity index is 158. The molecule has 0 spiro atoms. The van der Waals surface area contributed by atoms with Crippen LogP contribution in [-0.4, -0.2) is 24.1 Å². The molecule has 0 saturated heterocycles. The molecule has 0 aromatic rings. The van der Waals surface area contributed by atoms with E-state index in [4.69, 9.17) is 22.1 Å². The molecule has 0 heterocycles. The molecule has 0 saturated carbocycles. The molecule has 0 bridgehead atoms. The molecule has 3 heteroatoms. The molecule has 14 heavy (non-hydrogen) atoms. The lowest BCUT2D eigenvalue weighted by Crippen LogP contribution is -2.48. The minimum Gasteiger partial charge on any atom is -0.375 e. The summed E-state index contributed by atoms with van der Waals surface area (Å²) in [7, 11) is 0. The van der Waals surface area contributed by atoms with Gasteiger partial charge >= 0.3 is 0 Å². The van der Waals surface area contributed by atoms with Gasteiger partial charge in [0.15, 0.2) is 0 Å². The van der Waals surface area contributed by atoms with Crippen LogP contribution in [0.25, 0.3) is 0 Å². The van der Waals surface area contributed by atoms with Crippen LogP contribution < -0.4 is 5.73 Å². The summed E-state index contributed by atoms with van der Waals surface area (Å²) in [5.41, 5.74) is 5.98. The van der Waals surface area contributed by atoms with Gasteiger partial charge in [-0.25, -0.2) is 0 Å². The molecule has 0 aromatic carbocycles. The van der Waals surface area contributed by atoms with Gasteiger partial charge in [-0.15, -0.1) is 11.6 Å². The van der Waals surface area contributed by atoms with Crippen LogP contribution in [0.1, 0.15) is 41.0 Å². The molecule has 0 aromatic heterocycles. The summed E-state index contributed by atoms with van der Waals surface area (Å²) in [6, 6.07) is 0. The molecular formula is C11H24ClNO. The zero-order chi connectivity index (χ0) is 11.4.